The summed E-state index contributed by atoms with van der Waals surface area (Å²) in [7, 11) is -4.24. The van der Waals surface area contributed by atoms with Gasteiger partial charge < -0.3 is 0 Å². The van der Waals surface area contributed by atoms with Crippen LogP contribution in [0, 0.1) is 3.57 Å². The molecule has 0 aliphatic heterocycles. The normalized spacial score (nSPS) is 11.9. The van der Waals surface area contributed by atoms with E-state index in [2.05, 4.69) is 4.98 Å². The summed E-state index contributed by atoms with van der Waals surface area (Å²) in [6.07, 6.45) is 0. The topological polar surface area (TPSA) is 67.3 Å². The third-order valence-corrected chi connectivity index (χ3v) is 3.88. The first kappa shape index (κ1) is 10.8. The van der Waals surface area contributed by atoms with E-state index >= 15 is 0 Å². The Labute approximate surface area is 100 Å². The van der Waals surface area contributed by atoms with E-state index in [1.165, 1.54) is 0 Å². The first-order valence-corrected chi connectivity index (χ1v) is 6.53. The maximum absolute atomic E-state index is 11.0. The molecule has 4 nitrogen and oxygen atoms in total. The Morgan fingerprint density at radius 2 is 1.93 bits per heavy atom. The zero-order valence-electron chi connectivity index (χ0n) is 7.38. The zero-order valence-corrected chi connectivity index (χ0v) is 10.4. The average molecular weight is 335 g/mol. The van der Waals surface area contributed by atoms with Crippen LogP contribution in [0.25, 0.3) is 10.9 Å². The van der Waals surface area contributed by atoms with Crippen molar-refractivity contribution >= 4 is 43.6 Å². The summed E-state index contributed by atoms with van der Waals surface area (Å²) in [6, 6.07) is 8.80. The summed E-state index contributed by atoms with van der Waals surface area (Å²) >= 11 is 1.83. The molecule has 78 valence electrons. The van der Waals surface area contributed by atoms with Crippen molar-refractivity contribution in [2.75, 3.05) is 0 Å². The Kier molecular flexibility index (Phi) is 2.65. The van der Waals surface area contributed by atoms with Gasteiger partial charge in [-0.05, 0) is 34.7 Å². The number of hydrogen-bond donors (Lipinski definition) is 1. The van der Waals surface area contributed by atoms with Crippen molar-refractivity contribution < 1.29 is 13.0 Å². The van der Waals surface area contributed by atoms with E-state index in [1.54, 1.807) is 18.2 Å². The summed E-state index contributed by atoms with van der Waals surface area (Å²) in [5.41, 5.74) is 0.547. The van der Waals surface area contributed by atoms with Crippen molar-refractivity contribution in [1.82, 2.24) is 4.98 Å². The van der Waals surface area contributed by atoms with Crippen LogP contribution in [0.3, 0.4) is 0 Å². The smallest absolute Gasteiger partial charge is 0.281 e. The van der Waals surface area contributed by atoms with Crippen LogP contribution in [0.2, 0.25) is 0 Å². The number of nitrogens with zero attached hydrogens (tertiary/aromatic N) is 1. The molecule has 1 N–H and O–H groups in total. The highest BCUT2D eigenvalue weighted by Gasteiger charge is 2.16. The molecule has 0 radical (unpaired) electrons. The second-order valence-corrected chi connectivity index (χ2v) is 5.44. The average Bonchev–Trinajstić information content (AvgIpc) is 2.15. The highest BCUT2D eigenvalue weighted by molar-refractivity contribution is 14.1. The standard InChI is InChI=1S/C9H6INO3S/c10-7-5-6-3-1-2-4-8(6)11-9(7)15(12,13)14/h1-5H,(H,12,13,14). The number of aromatic nitrogens is 1. The van der Waals surface area contributed by atoms with Gasteiger partial charge in [-0.25, -0.2) is 4.98 Å². The molecular formula is C9H6INO3S. The minimum atomic E-state index is -4.24. The van der Waals surface area contributed by atoms with Crippen LogP contribution >= 0.6 is 22.6 Å². The van der Waals surface area contributed by atoms with Gasteiger partial charge in [0.15, 0.2) is 5.03 Å². The molecule has 0 unspecified atom stereocenters. The van der Waals surface area contributed by atoms with E-state index in [9.17, 15) is 8.42 Å². The molecule has 0 bridgehead atoms. The minimum absolute atomic E-state index is 0.290. The van der Waals surface area contributed by atoms with Crippen LogP contribution in [0.4, 0.5) is 0 Å². The Balaban J connectivity index is 2.84. The maximum atomic E-state index is 11.0. The molecular weight excluding hydrogens is 329 g/mol. The van der Waals surface area contributed by atoms with E-state index in [4.69, 9.17) is 4.55 Å². The fourth-order valence-corrected chi connectivity index (χ4v) is 3.06. The number of para-hydroxylation sites is 1. The van der Waals surface area contributed by atoms with Gasteiger partial charge in [0.25, 0.3) is 0 Å². The number of halogens is 1. The molecule has 1 heterocycles. The first-order valence-electron chi connectivity index (χ1n) is 4.01. The van der Waals surface area contributed by atoms with Gasteiger partial charge in [0.2, 0.25) is 0 Å². The lowest BCUT2D eigenvalue weighted by Gasteiger charge is -2.02. The Morgan fingerprint density at radius 3 is 2.60 bits per heavy atom. The highest BCUT2D eigenvalue weighted by atomic mass is 127. The molecule has 6 heteroatoms. The van der Waals surface area contributed by atoms with Crippen molar-refractivity contribution in [3.63, 3.8) is 0 Å². The lowest BCUT2D eigenvalue weighted by Crippen LogP contribution is -2.04. The lowest BCUT2D eigenvalue weighted by molar-refractivity contribution is 0.479. The number of rotatable bonds is 1. The molecule has 0 aliphatic carbocycles. The third-order valence-electron chi connectivity index (χ3n) is 1.89. The van der Waals surface area contributed by atoms with E-state index < -0.39 is 10.1 Å². The highest BCUT2D eigenvalue weighted by Crippen LogP contribution is 2.21. The predicted octanol–water partition coefficient (Wildman–Crippen LogP) is 2.09. The largest absolute Gasteiger partial charge is 0.313 e. The fourth-order valence-electron chi connectivity index (χ4n) is 1.25. The van der Waals surface area contributed by atoms with E-state index in [1.807, 2.05) is 34.7 Å². The molecule has 0 atom stereocenters. The number of fused-ring (bicyclic) bond motifs is 1. The van der Waals surface area contributed by atoms with Crippen LogP contribution in [0.5, 0.6) is 0 Å². The second kappa shape index (κ2) is 3.69. The molecule has 0 saturated heterocycles. The summed E-state index contributed by atoms with van der Waals surface area (Å²) in [5.74, 6) is 0. The molecule has 1 aromatic carbocycles. The SMILES string of the molecule is O=S(=O)(O)c1nc2ccccc2cc1I. The van der Waals surface area contributed by atoms with E-state index in [0.717, 1.165) is 5.39 Å². The van der Waals surface area contributed by atoms with Crippen molar-refractivity contribution in [2.45, 2.75) is 5.03 Å². The Morgan fingerprint density at radius 1 is 1.27 bits per heavy atom. The molecule has 15 heavy (non-hydrogen) atoms. The van der Waals surface area contributed by atoms with Crippen molar-refractivity contribution in [3.05, 3.63) is 33.9 Å². The number of hydrogen-bond acceptors (Lipinski definition) is 3. The molecule has 2 aromatic rings. The molecule has 1 aromatic heterocycles. The number of benzene rings is 1. The van der Waals surface area contributed by atoms with Gasteiger partial charge in [-0.1, -0.05) is 18.2 Å². The molecule has 0 fully saturated rings. The van der Waals surface area contributed by atoms with E-state index in [0.29, 0.717) is 9.09 Å². The quantitative estimate of drug-likeness (QED) is 0.640. The Bertz CT molecular complexity index is 624. The summed E-state index contributed by atoms with van der Waals surface area (Å²) in [6.45, 7) is 0. The van der Waals surface area contributed by atoms with Crippen molar-refractivity contribution in [3.8, 4) is 0 Å². The minimum Gasteiger partial charge on any atom is -0.281 e. The first-order chi connectivity index (χ1) is 6.98. The van der Waals surface area contributed by atoms with Crippen molar-refractivity contribution in [1.29, 1.82) is 0 Å². The van der Waals surface area contributed by atoms with Crippen LogP contribution in [0.15, 0.2) is 35.4 Å². The lowest BCUT2D eigenvalue weighted by atomic mass is 10.2. The van der Waals surface area contributed by atoms with Gasteiger partial charge in [0, 0.05) is 5.39 Å². The predicted molar refractivity (Wildman–Crippen MR) is 64.3 cm³/mol. The maximum Gasteiger partial charge on any atom is 0.313 e. The van der Waals surface area contributed by atoms with Crippen LogP contribution < -0.4 is 0 Å². The van der Waals surface area contributed by atoms with Gasteiger partial charge in [-0.15, -0.1) is 0 Å². The van der Waals surface area contributed by atoms with Gasteiger partial charge in [-0.3, -0.25) is 4.55 Å². The zero-order chi connectivity index (χ0) is 11.1. The van der Waals surface area contributed by atoms with Crippen LogP contribution in [0.1, 0.15) is 0 Å². The number of pyridine rings is 1. The second-order valence-electron chi connectivity index (χ2n) is 2.94. The summed E-state index contributed by atoms with van der Waals surface area (Å²) in [5, 5.41) is 0.552. The molecule has 0 amide bonds. The van der Waals surface area contributed by atoms with E-state index in [-0.39, 0.29) is 5.03 Å². The summed E-state index contributed by atoms with van der Waals surface area (Å²) in [4.78, 5) is 3.90. The van der Waals surface area contributed by atoms with Crippen molar-refractivity contribution in [2.24, 2.45) is 0 Å². The monoisotopic (exact) mass is 335 g/mol. The van der Waals surface area contributed by atoms with Gasteiger partial charge >= 0.3 is 10.1 Å². The molecule has 0 aliphatic rings. The Hall–Kier alpha value is -0.730. The molecule has 0 saturated carbocycles. The third kappa shape index (κ3) is 2.11. The van der Waals surface area contributed by atoms with Gasteiger partial charge in [0.1, 0.15) is 0 Å². The fraction of sp³-hybridized carbons (Fsp3) is 0. The molecule has 0 spiro atoms. The van der Waals surface area contributed by atoms with Gasteiger partial charge in [0.05, 0.1) is 9.09 Å². The van der Waals surface area contributed by atoms with Crippen LogP contribution in [-0.2, 0) is 10.1 Å². The molecule has 2 rings (SSSR count). The van der Waals surface area contributed by atoms with Crippen LogP contribution in [-0.4, -0.2) is 18.0 Å². The summed E-state index contributed by atoms with van der Waals surface area (Å²) < 4.78 is 31.3. The van der Waals surface area contributed by atoms with Gasteiger partial charge in [-0.2, -0.15) is 8.42 Å².